The lowest BCUT2D eigenvalue weighted by Crippen LogP contribution is -2.26. The highest BCUT2D eigenvalue weighted by Crippen LogP contribution is 2.30. The summed E-state index contributed by atoms with van der Waals surface area (Å²) in [5.74, 6) is -0.634. The molecule has 0 saturated heterocycles. The molecule has 1 saturated carbocycles. The number of carbonyl (C=O) groups is 1. The maximum absolute atomic E-state index is 11.4. The molecule has 0 bridgehead atoms. The minimum absolute atomic E-state index is 0.229. The number of rotatable bonds is 3. The third-order valence-electron chi connectivity index (χ3n) is 2.80. The molecule has 0 aliphatic heterocycles. The van der Waals surface area contributed by atoms with Gasteiger partial charge in [-0.05, 0) is 25.7 Å². The lowest BCUT2D eigenvalue weighted by molar-refractivity contribution is -0.148. The number of hydrogen-bond donors (Lipinski definition) is 0. The molecule has 0 unspecified atom stereocenters. The fourth-order valence-corrected chi connectivity index (χ4v) is 2.05. The van der Waals surface area contributed by atoms with Gasteiger partial charge in [0.05, 0.1) is 12.7 Å². The van der Waals surface area contributed by atoms with Crippen LogP contribution in [0.15, 0.2) is 0 Å². The van der Waals surface area contributed by atoms with E-state index in [0.29, 0.717) is 6.61 Å². The van der Waals surface area contributed by atoms with E-state index in [2.05, 4.69) is 6.07 Å². The van der Waals surface area contributed by atoms with E-state index in [0.717, 1.165) is 25.7 Å². The van der Waals surface area contributed by atoms with Crippen LogP contribution in [-0.4, -0.2) is 12.6 Å². The van der Waals surface area contributed by atoms with Gasteiger partial charge in [-0.3, -0.25) is 4.79 Å². The second-order valence-electron chi connectivity index (χ2n) is 3.76. The van der Waals surface area contributed by atoms with Crippen molar-refractivity contribution in [3.63, 3.8) is 0 Å². The Morgan fingerprint density at radius 3 is 2.64 bits per heavy atom. The first-order valence-corrected chi connectivity index (χ1v) is 5.35. The molecule has 1 fully saturated rings. The van der Waals surface area contributed by atoms with Crippen LogP contribution in [0.2, 0.25) is 0 Å². The molecule has 0 aromatic carbocycles. The number of hydrogen-bond acceptors (Lipinski definition) is 3. The van der Waals surface area contributed by atoms with E-state index in [9.17, 15) is 4.79 Å². The van der Waals surface area contributed by atoms with Crippen molar-refractivity contribution in [2.45, 2.75) is 39.0 Å². The van der Waals surface area contributed by atoms with Crippen molar-refractivity contribution in [2.75, 3.05) is 6.61 Å². The molecule has 0 spiro atoms. The zero-order valence-corrected chi connectivity index (χ0v) is 8.66. The second kappa shape index (κ2) is 5.64. The molecular formula is C11H17NO2. The molecule has 1 aliphatic carbocycles. The first-order chi connectivity index (χ1) is 6.79. The summed E-state index contributed by atoms with van der Waals surface area (Å²) < 4.78 is 4.89. The first-order valence-electron chi connectivity index (χ1n) is 5.35. The van der Waals surface area contributed by atoms with E-state index >= 15 is 0 Å². The van der Waals surface area contributed by atoms with Gasteiger partial charge in [0.15, 0.2) is 0 Å². The zero-order valence-electron chi connectivity index (χ0n) is 8.66. The highest BCUT2D eigenvalue weighted by Gasteiger charge is 2.30. The van der Waals surface area contributed by atoms with Gasteiger partial charge in [0.1, 0.15) is 5.92 Å². The standard InChI is InChI=1S/C11H17NO2/c1-2-14-11(13)10(8-12)9-6-4-3-5-7-9/h9-10H,2-7H2,1H3/t10-/m0/s1. The number of nitrogens with zero attached hydrogens (tertiary/aromatic N) is 1. The van der Waals surface area contributed by atoms with E-state index < -0.39 is 5.92 Å². The molecule has 0 radical (unpaired) electrons. The largest absolute Gasteiger partial charge is 0.465 e. The summed E-state index contributed by atoms with van der Waals surface area (Å²) >= 11 is 0. The van der Waals surface area contributed by atoms with Crippen LogP contribution >= 0.6 is 0 Å². The van der Waals surface area contributed by atoms with Gasteiger partial charge < -0.3 is 4.74 Å². The quantitative estimate of drug-likeness (QED) is 0.649. The number of carbonyl (C=O) groups excluding carboxylic acids is 1. The van der Waals surface area contributed by atoms with Crippen molar-refractivity contribution < 1.29 is 9.53 Å². The smallest absolute Gasteiger partial charge is 0.323 e. The summed E-state index contributed by atoms with van der Waals surface area (Å²) in [4.78, 5) is 11.4. The molecule has 0 N–H and O–H groups in total. The SMILES string of the molecule is CCOC(=O)[C@@H](C#N)C1CCCCC1. The topological polar surface area (TPSA) is 50.1 Å². The van der Waals surface area contributed by atoms with E-state index in [1.807, 2.05) is 0 Å². The van der Waals surface area contributed by atoms with Crippen molar-refractivity contribution >= 4 is 5.97 Å². The Morgan fingerprint density at radius 2 is 2.14 bits per heavy atom. The van der Waals surface area contributed by atoms with Gasteiger partial charge >= 0.3 is 5.97 Å². The van der Waals surface area contributed by atoms with Crippen LogP contribution < -0.4 is 0 Å². The third kappa shape index (κ3) is 2.73. The maximum Gasteiger partial charge on any atom is 0.323 e. The second-order valence-corrected chi connectivity index (χ2v) is 3.76. The summed E-state index contributed by atoms with van der Waals surface area (Å²) in [7, 11) is 0. The van der Waals surface area contributed by atoms with E-state index in [4.69, 9.17) is 10.00 Å². The van der Waals surface area contributed by atoms with Crippen molar-refractivity contribution in [1.82, 2.24) is 0 Å². The fourth-order valence-electron chi connectivity index (χ4n) is 2.05. The lowest BCUT2D eigenvalue weighted by atomic mass is 9.81. The highest BCUT2D eigenvalue weighted by atomic mass is 16.5. The molecule has 1 atom stereocenters. The fraction of sp³-hybridized carbons (Fsp3) is 0.818. The van der Waals surface area contributed by atoms with Gasteiger partial charge in [-0.25, -0.2) is 0 Å². The first kappa shape index (κ1) is 11.0. The molecule has 78 valence electrons. The van der Waals surface area contributed by atoms with Gasteiger partial charge in [0.2, 0.25) is 0 Å². The Hall–Kier alpha value is -1.04. The Bertz CT molecular complexity index is 226. The van der Waals surface area contributed by atoms with Crippen LogP contribution in [0.5, 0.6) is 0 Å². The number of ether oxygens (including phenoxy) is 1. The Kier molecular flexibility index (Phi) is 4.45. The normalized spacial score (nSPS) is 19.7. The molecular weight excluding hydrogens is 178 g/mol. The average molecular weight is 195 g/mol. The Labute approximate surface area is 85.1 Å². The molecule has 0 amide bonds. The van der Waals surface area contributed by atoms with Gasteiger partial charge in [-0.2, -0.15) is 5.26 Å². The summed E-state index contributed by atoms with van der Waals surface area (Å²) in [5.41, 5.74) is 0. The molecule has 14 heavy (non-hydrogen) atoms. The van der Waals surface area contributed by atoms with Crippen LogP contribution in [0.3, 0.4) is 0 Å². The third-order valence-corrected chi connectivity index (χ3v) is 2.80. The molecule has 3 nitrogen and oxygen atoms in total. The van der Waals surface area contributed by atoms with Gasteiger partial charge in [0.25, 0.3) is 0 Å². The molecule has 3 heteroatoms. The van der Waals surface area contributed by atoms with Gasteiger partial charge in [-0.1, -0.05) is 19.3 Å². The van der Waals surface area contributed by atoms with Crippen LogP contribution in [-0.2, 0) is 9.53 Å². The number of esters is 1. The monoisotopic (exact) mass is 195 g/mol. The van der Waals surface area contributed by atoms with Crippen LogP contribution in [0.25, 0.3) is 0 Å². The van der Waals surface area contributed by atoms with E-state index in [1.54, 1.807) is 6.92 Å². The minimum atomic E-state index is -0.532. The van der Waals surface area contributed by atoms with Crippen molar-refractivity contribution in [1.29, 1.82) is 5.26 Å². The predicted octanol–water partition coefficient (Wildman–Crippen LogP) is 2.27. The zero-order chi connectivity index (χ0) is 10.4. The van der Waals surface area contributed by atoms with Crippen LogP contribution in [0.1, 0.15) is 39.0 Å². The molecule has 1 aliphatic rings. The lowest BCUT2D eigenvalue weighted by Gasteiger charge is -2.24. The van der Waals surface area contributed by atoms with Gasteiger partial charge in [-0.15, -0.1) is 0 Å². The summed E-state index contributed by atoms with van der Waals surface area (Å²) in [6.45, 7) is 2.14. The Morgan fingerprint density at radius 1 is 1.50 bits per heavy atom. The van der Waals surface area contributed by atoms with Crippen molar-refractivity contribution in [3.8, 4) is 6.07 Å². The van der Waals surface area contributed by atoms with Gasteiger partial charge in [0, 0.05) is 0 Å². The average Bonchev–Trinajstić information content (AvgIpc) is 2.21. The molecule has 0 aromatic rings. The summed E-state index contributed by atoms with van der Waals surface area (Å²) in [5, 5.41) is 8.92. The summed E-state index contributed by atoms with van der Waals surface area (Å²) in [6.07, 6.45) is 5.51. The predicted molar refractivity (Wildman–Crippen MR) is 52.3 cm³/mol. The van der Waals surface area contributed by atoms with E-state index in [-0.39, 0.29) is 11.9 Å². The Balaban J connectivity index is 2.52. The van der Waals surface area contributed by atoms with E-state index in [1.165, 1.54) is 6.42 Å². The highest BCUT2D eigenvalue weighted by molar-refractivity contribution is 5.75. The number of nitriles is 1. The molecule has 0 aromatic heterocycles. The molecule has 0 heterocycles. The minimum Gasteiger partial charge on any atom is -0.465 e. The van der Waals surface area contributed by atoms with Crippen LogP contribution in [0, 0.1) is 23.2 Å². The maximum atomic E-state index is 11.4. The van der Waals surface area contributed by atoms with Crippen LogP contribution in [0.4, 0.5) is 0 Å². The molecule has 1 rings (SSSR count). The summed E-state index contributed by atoms with van der Waals surface area (Å²) in [6, 6.07) is 2.08. The van der Waals surface area contributed by atoms with Crippen molar-refractivity contribution in [3.05, 3.63) is 0 Å². The van der Waals surface area contributed by atoms with Crippen molar-refractivity contribution in [2.24, 2.45) is 11.8 Å².